The van der Waals surface area contributed by atoms with E-state index in [4.69, 9.17) is 14.7 Å². The quantitative estimate of drug-likeness (QED) is 0.379. The fraction of sp³-hybridized carbons (Fsp3) is 0.269. The summed E-state index contributed by atoms with van der Waals surface area (Å²) < 4.78 is 5.23. The summed E-state index contributed by atoms with van der Waals surface area (Å²) in [6, 6.07) is 14.8. The zero-order chi connectivity index (χ0) is 24.4. The van der Waals surface area contributed by atoms with Crippen LogP contribution in [-0.4, -0.2) is 33.6 Å². The maximum atomic E-state index is 9.19. The number of hydrogen-bond acceptors (Lipinski definition) is 9. The summed E-state index contributed by atoms with van der Waals surface area (Å²) in [7, 11) is 1.60. The number of nitrogens with one attached hydrogen (secondary N) is 1. The van der Waals surface area contributed by atoms with Gasteiger partial charge in [0.05, 0.1) is 25.0 Å². The summed E-state index contributed by atoms with van der Waals surface area (Å²) >= 11 is 1.29. The van der Waals surface area contributed by atoms with E-state index in [1.54, 1.807) is 19.5 Å². The minimum atomic E-state index is 0.207. The molecule has 0 amide bonds. The van der Waals surface area contributed by atoms with E-state index < -0.39 is 0 Å². The monoisotopic (exact) mass is 483 g/mol. The van der Waals surface area contributed by atoms with Crippen LogP contribution in [0.25, 0.3) is 11.3 Å². The number of thiazole rings is 1. The molecule has 1 aromatic carbocycles. The molecule has 0 bridgehead atoms. The number of ether oxygens (including phenoxy) is 1. The Morgan fingerprint density at radius 1 is 1.09 bits per heavy atom. The molecule has 35 heavy (non-hydrogen) atoms. The van der Waals surface area contributed by atoms with E-state index in [2.05, 4.69) is 57.4 Å². The second kappa shape index (κ2) is 9.68. The highest BCUT2D eigenvalue weighted by Crippen LogP contribution is 2.38. The van der Waals surface area contributed by atoms with E-state index in [0.717, 1.165) is 36.2 Å². The van der Waals surface area contributed by atoms with Crippen molar-refractivity contribution >= 4 is 28.2 Å². The first-order valence-electron chi connectivity index (χ1n) is 11.4. The second-order valence-corrected chi connectivity index (χ2v) is 9.49. The Hall–Kier alpha value is -4.03. The van der Waals surface area contributed by atoms with Gasteiger partial charge in [-0.3, -0.25) is 0 Å². The first kappa shape index (κ1) is 22.7. The molecule has 5 rings (SSSR count). The Morgan fingerprint density at radius 3 is 2.60 bits per heavy atom. The highest BCUT2D eigenvalue weighted by Gasteiger charge is 2.29. The Labute approximate surface area is 208 Å². The molecule has 1 N–H and O–H groups in total. The summed E-state index contributed by atoms with van der Waals surface area (Å²) in [4.78, 5) is 21.5. The summed E-state index contributed by atoms with van der Waals surface area (Å²) in [5.74, 6) is 1.86. The lowest BCUT2D eigenvalue weighted by Gasteiger charge is -2.26. The van der Waals surface area contributed by atoms with Gasteiger partial charge in [-0.2, -0.15) is 10.2 Å². The van der Waals surface area contributed by atoms with Crippen molar-refractivity contribution in [1.82, 2.24) is 19.9 Å². The number of pyridine rings is 1. The molecule has 0 spiro atoms. The van der Waals surface area contributed by atoms with Crippen molar-refractivity contribution in [3.05, 3.63) is 70.4 Å². The molecule has 1 unspecified atom stereocenters. The number of nitriles is 1. The Kier molecular flexibility index (Phi) is 6.29. The van der Waals surface area contributed by atoms with E-state index in [1.807, 2.05) is 19.1 Å². The van der Waals surface area contributed by atoms with Crippen molar-refractivity contribution in [3.8, 4) is 23.2 Å². The molecular weight excluding hydrogens is 458 g/mol. The fourth-order valence-corrected chi connectivity index (χ4v) is 4.92. The van der Waals surface area contributed by atoms with Gasteiger partial charge in [0.15, 0.2) is 5.13 Å². The van der Waals surface area contributed by atoms with Gasteiger partial charge in [0, 0.05) is 29.9 Å². The van der Waals surface area contributed by atoms with Crippen molar-refractivity contribution in [3.63, 3.8) is 0 Å². The topological polar surface area (TPSA) is 99.9 Å². The number of nitrogens with zero attached hydrogens (tertiary/aromatic N) is 6. The predicted molar refractivity (Wildman–Crippen MR) is 137 cm³/mol. The summed E-state index contributed by atoms with van der Waals surface area (Å²) in [5.41, 5.74) is 5.04. The van der Waals surface area contributed by atoms with Crippen LogP contribution in [0.3, 0.4) is 0 Å². The number of hydrogen-bond donors (Lipinski definition) is 1. The number of aryl methyl sites for hydroxylation is 1. The summed E-state index contributed by atoms with van der Waals surface area (Å²) in [5, 5.41) is 13.1. The maximum Gasteiger partial charge on any atom is 0.228 e. The number of anilines is 3. The normalized spacial score (nSPS) is 15.1. The van der Waals surface area contributed by atoms with Crippen LogP contribution in [0, 0.1) is 25.2 Å². The number of methoxy groups -OCH3 is 1. The van der Waals surface area contributed by atoms with Gasteiger partial charge in [0.2, 0.25) is 11.8 Å². The van der Waals surface area contributed by atoms with E-state index in [9.17, 15) is 5.26 Å². The van der Waals surface area contributed by atoms with Gasteiger partial charge in [-0.15, -0.1) is 0 Å². The van der Waals surface area contributed by atoms with Crippen molar-refractivity contribution in [2.24, 2.45) is 0 Å². The first-order valence-corrected chi connectivity index (χ1v) is 12.2. The number of aromatic nitrogens is 4. The van der Waals surface area contributed by atoms with E-state index in [0.29, 0.717) is 27.7 Å². The average molecular weight is 484 g/mol. The molecule has 8 nitrogen and oxygen atoms in total. The van der Waals surface area contributed by atoms with Crippen LogP contribution in [0.1, 0.15) is 40.5 Å². The molecule has 9 heteroatoms. The lowest BCUT2D eigenvalue weighted by molar-refractivity contribution is 0.398. The Balaban J connectivity index is 1.59. The largest absolute Gasteiger partial charge is 0.481 e. The van der Waals surface area contributed by atoms with Crippen LogP contribution >= 0.6 is 11.3 Å². The number of benzene rings is 1. The van der Waals surface area contributed by atoms with Crippen molar-refractivity contribution in [2.45, 2.75) is 32.7 Å². The molecule has 176 valence electrons. The van der Waals surface area contributed by atoms with Gasteiger partial charge in [0.25, 0.3) is 0 Å². The molecule has 0 aliphatic carbocycles. The summed E-state index contributed by atoms with van der Waals surface area (Å²) in [6.45, 7) is 4.95. The Bertz CT molecular complexity index is 1380. The smallest absolute Gasteiger partial charge is 0.228 e. The van der Waals surface area contributed by atoms with Gasteiger partial charge in [-0.05, 0) is 38.3 Å². The summed E-state index contributed by atoms with van der Waals surface area (Å²) in [6.07, 6.45) is 5.43. The van der Waals surface area contributed by atoms with Gasteiger partial charge >= 0.3 is 0 Å². The molecule has 1 atom stereocenters. The molecule has 1 aliphatic heterocycles. The highest BCUT2D eigenvalue weighted by atomic mass is 32.1. The predicted octanol–water partition coefficient (Wildman–Crippen LogP) is 5.58. The van der Waals surface area contributed by atoms with Gasteiger partial charge in [0.1, 0.15) is 16.8 Å². The minimum absolute atomic E-state index is 0.207. The van der Waals surface area contributed by atoms with Crippen LogP contribution < -0.4 is 15.0 Å². The van der Waals surface area contributed by atoms with Gasteiger partial charge in [-0.1, -0.05) is 41.2 Å². The molecule has 1 aliphatic rings. The lowest BCUT2D eigenvalue weighted by Crippen LogP contribution is -2.25. The molecule has 3 aromatic heterocycles. The third-order valence-corrected chi connectivity index (χ3v) is 6.98. The molecule has 1 fully saturated rings. The van der Waals surface area contributed by atoms with Crippen LogP contribution in [0.2, 0.25) is 0 Å². The van der Waals surface area contributed by atoms with Crippen molar-refractivity contribution in [2.75, 3.05) is 23.9 Å². The number of rotatable bonds is 6. The minimum Gasteiger partial charge on any atom is -0.481 e. The molecule has 0 radical (unpaired) electrons. The Morgan fingerprint density at radius 2 is 1.91 bits per heavy atom. The third-order valence-electron chi connectivity index (χ3n) is 6.17. The second-order valence-electron chi connectivity index (χ2n) is 8.46. The van der Waals surface area contributed by atoms with Crippen LogP contribution in [0.15, 0.2) is 48.8 Å². The molecular formula is C26H25N7OS. The molecule has 0 saturated carbocycles. The average Bonchev–Trinajstić information content (AvgIpc) is 3.56. The fourth-order valence-electron chi connectivity index (χ4n) is 4.30. The maximum absolute atomic E-state index is 9.19. The van der Waals surface area contributed by atoms with E-state index >= 15 is 0 Å². The zero-order valence-electron chi connectivity index (χ0n) is 19.8. The van der Waals surface area contributed by atoms with Crippen LogP contribution in [-0.2, 0) is 0 Å². The third kappa shape index (κ3) is 4.66. The zero-order valence-corrected chi connectivity index (χ0v) is 20.6. The van der Waals surface area contributed by atoms with E-state index in [-0.39, 0.29) is 6.04 Å². The van der Waals surface area contributed by atoms with Crippen molar-refractivity contribution in [1.29, 1.82) is 5.26 Å². The lowest BCUT2D eigenvalue weighted by atomic mass is 10.0. The molecule has 1 saturated heterocycles. The van der Waals surface area contributed by atoms with Gasteiger partial charge < -0.3 is 15.0 Å². The highest BCUT2D eigenvalue weighted by molar-refractivity contribution is 7.16. The SMILES string of the molecule is COc1ccc(-c2nc(N3CCCC3c3ccc(C)cc3)nc(Nc3ncc(C#N)s3)c2C)cn1. The first-order chi connectivity index (χ1) is 17.1. The van der Waals surface area contributed by atoms with E-state index in [1.165, 1.54) is 22.5 Å². The molecule has 4 aromatic rings. The van der Waals surface area contributed by atoms with Crippen molar-refractivity contribution < 1.29 is 4.74 Å². The van der Waals surface area contributed by atoms with Crippen LogP contribution in [0.4, 0.5) is 16.9 Å². The van der Waals surface area contributed by atoms with Crippen LogP contribution in [0.5, 0.6) is 5.88 Å². The molecule has 4 heterocycles. The van der Waals surface area contributed by atoms with Gasteiger partial charge in [-0.25, -0.2) is 15.0 Å². The standard InChI is InChI=1S/C26H25N7OS/c1-16-6-8-18(9-7-16)21-5-4-12-33(21)25-30-23(19-10-11-22(34-3)28-14-19)17(2)24(31-25)32-26-29-15-20(13-27)35-26/h6-11,14-15,21H,4-5,12H2,1-3H3,(H,29,30,31,32).